The van der Waals surface area contributed by atoms with Crippen LogP contribution in [0.5, 0.6) is 0 Å². The second kappa shape index (κ2) is 9.51. The summed E-state index contributed by atoms with van der Waals surface area (Å²) in [5.74, 6) is 0.157. The number of aliphatic carboxylic acids is 1. The predicted molar refractivity (Wildman–Crippen MR) is 148 cm³/mol. The lowest BCUT2D eigenvalue weighted by Crippen LogP contribution is -2.19. The Morgan fingerprint density at radius 3 is 2.21 bits per heavy atom. The first kappa shape index (κ1) is 24.6. The molecule has 1 fully saturated rings. The molecule has 0 unspecified atom stereocenters. The van der Waals surface area contributed by atoms with Crippen molar-refractivity contribution >= 4 is 17.5 Å². The van der Waals surface area contributed by atoms with Gasteiger partial charge in [0.15, 0.2) is 5.76 Å². The van der Waals surface area contributed by atoms with Crippen LogP contribution in [0.25, 0.3) is 33.7 Å². The molecule has 3 aromatic carbocycles. The van der Waals surface area contributed by atoms with E-state index in [1.54, 1.807) is 13.0 Å². The first-order valence-corrected chi connectivity index (χ1v) is 12.8. The number of carbonyl (C=O) groups is 1. The summed E-state index contributed by atoms with van der Waals surface area (Å²) in [6, 6.07) is 26.3. The minimum Gasteiger partial charge on any atom is -0.481 e. The van der Waals surface area contributed by atoms with Crippen molar-refractivity contribution < 1.29 is 18.8 Å². The summed E-state index contributed by atoms with van der Waals surface area (Å²) in [7, 11) is 0. The number of anilines is 2. The monoisotopic (exact) mass is 519 g/mol. The van der Waals surface area contributed by atoms with Crippen LogP contribution in [0.15, 0.2) is 89.5 Å². The molecule has 1 saturated carbocycles. The summed E-state index contributed by atoms with van der Waals surface area (Å²) in [5.41, 5.74) is 6.35. The molecule has 0 spiro atoms. The van der Waals surface area contributed by atoms with Gasteiger partial charge in [-0.2, -0.15) is 0 Å². The zero-order chi connectivity index (χ0) is 27.1. The Bertz CT molecular complexity index is 1690. The Morgan fingerprint density at radius 1 is 0.897 bits per heavy atom. The number of benzene rings is 3. The topological polar surface area (TPSA) is 88.2 Å². The van der Waals surface area contributed by atoms with E-state index in [0.29, 0.717) is 47.1 Å². The molecule has 194 valence electrons. The average Bonchev–Trinajstić information content (AvgIpc) is 3.70. The molecule has 0 bridgehead atoms. The smallest absolute Gasteiger partial charge is 0.314 e. The van der Waals surface area contributed by atoms with E-state index in [9.17, 15) is 14.3 Å². The maximum absolute atomic E-state index is 14.1. The van der Waals surface area contributed by atoms with Crippen LogP contribution in [0, 0.1) is 19.7 Å². The van der Waals surface area contributed by atoms with Gasteiger partial charge in [-0.1, -0.05) is 71.9 Å². The fraction of sp³-hybridized carbons (Fsp3) is 0.156. The summed E-state index contributed by atoms with van der Waals surface area (Å²) in [6.45, 7) is 3.60. The van der Waals surface area contributed by atoms with E-state index in [0.717, 1.165) is 27.8 Å². The zero-order valence-electron chi connectivity index (χ0n) is 21.5. The van der Waals surface area contributed by atoms with E-state index in [4.69, 9.17) is 9.51 Å². The van der Waals surface area contributed by atoms with Crippen LogP contribution in [0.3, 0.4) is 0 Å². The van der Waals surface area contributed by atoms with Gasteiger partial charge in [0, 0.05) is 11.1 Å². The number of aromatic nitrogens is 2. The lowest BCUT2D eigenvalue weighted by molar-refractivity contribution is -0.140. The Hall–Kier alpha value is -4.78. The molecule has 0 radical (unpaired) electrons. The van der Waals surface area contributed by atoms with Crippen LogP contribution in [-0.2, 0) is 10.2 Å². The normalized spacial score (nSPS) is 13.7. The zero-order valence-corrected chi connectivity index (χ0v) is 21.5. The van der Waals surface area contributed by atoms with Crippen LogP contribution in [0.4, 0.5) is 15.9 Å². The average molecular weight is 520 g/mol. The Kier molecular flexibility index (Phi) is 5.99. The van der Waals surface area contributed by atoms with E-state index >= 15 is 0 Å². The van der Waals surface area contributed by atoms with Crippen molar-refractivity contribution in [2.24, 2.45) is 0 Å². The van der Waals surface area contributed by atoms with Gasteiger partial charge in [0.05, 0.1) is 11.1 Å². The Labute approximate surface area is 225 Å². The first-order valence-electron chi connectivity index (χ1n) is 12.8. The predicted octanol–water partition coefficient (Wildman–Crippen LogP) is 7.69. The molecule has 39 heavy (non-hydrogen) atoms. The van der Waals surface area contributed by atoms with Gasteiger partial charge in [-0.05, 0) is 67.1 Å². The largest absolute Gasteiger partial charge is 0.481 e. The van der Waals surface area contributed by atoms with Gasteiger partial charge >= 0.3 is 5.97 Å². The summed E-state index contributed by atoms with van der Waals surface area (Å²) >= 11 is 0. The SMILES string of the molecule is Cc1noc(-c2ccc(-c3ccc(C4(C(=O)O)CC4)cc3)cc2)c1Nc1cccc(-c2cccc(F)c2C)n1. The number of hydrogen-bond acceptors (Lipinski definition) is 5. The van der Waals surface area contributed by atoms with Crippen molar-refractivity contribution in [2.45, 2.75) is 32.1 Å². The number of nitrogens with one attached hydrogen (secondary N) is 1. The summed E-state index contributed by atoms with van der Waals surface area (Å²) in [5, 5.41) is 17.1. The van der Waals surface area contributed by atoms with E-state index in [2.05, 4.69) is 10.5 Å². The van der Waals surface area contributed by atoms with Gasteiger partial charge in [0.1, 0.15) is 23.0 Å². The van der Waals surface area contributed by atoms with Crippen LogP contribution in [0.2, 0.25) is 0 Å². The molecule has 2 N–H and O–H groups in total. The highest BCUT2D eigenvalue weighted by molar-refractivity contribution is 5.85. The molecule has 0 amide bonds. The maximum Gasteiger partial charge on any atom is 0.314 e. The van der Waals surface area contributed by atoms with Crippen LogP contribution >= 0.6 is 0 Å². The molecule has 2 heterocycles. The fourth-order valence-corrected chi connectivity index (χ4v) is 4.93. The fourth-order valence-electron chi connectivity index (χ4n) is 4.93. The molecule has 0 aliphatic heterocycles. The van der Waals surface area contributed by atoms with Crippen LogP contribution in [-0.4, -0.2) is 21.2 Å². The third kappa shape index (κ3) is 4.46. The number of halogens is 1. The van der Waals surface area contributed by atoms with Crippen molar-refractivity contribution in [3.05, 3.63) is 108 Å². The second-order valence-electron chi connectivity index (χ2n) is 9.96. The molecule has 1 aliphatic carbocycles. The number of carboxylic acid groups (broad SMARTS) is 1. The number of carboxylic acids is 1. The lowest BCUT2D eigenvalue weighted by atomic mass is 9.93. The van der Waals surface area contributed by atoms with E-state index in [1.165, 1.54) is 6.07 Å². The van der Waals surface area contributed by atoms with Gasteiger partial charge < -0.3 is 14.9 Å². The Balaban J connectivity index is 1.25. The highest BCUT2D eigenvalue weighted by Gasteiger charge is 2.51. The summed E-state index contributed by atoms with van der Waals surface area (Å²) < 4.78 is 19.8. The minimum atomic E-state index is -0.752. The summed E-state index contributed by atoms with van der Waals surface area (Å²) in [6.07, 6.45) is 1.38. The van der Waals surface area contributed by atoms with Gasteiger partial charge in [0.2, 0.25) is 0 Å². The highest BCUT2D eigenvalue weighted by Crippen LogP contribution is 2.48. The van der Waals surface area contributed by atoms with Gasteiger partial charge in [0.25, 0.3) is 0 Å². The quantitative estimate of drug-likeness (QED) is 0.229. The second-order valence-corrected chi connectivity index (χ2v) is 9.96. The van der Waals surface area contributed by atoms with Crippen molar-refractivity contribution in [1.29, 1.82) is 0 Å². The molecule has 1 aliphatic rings. The number of nitrogens with zero attached hydrogens (tertiary/aromatic N) is 2. The van der Waals surface area contributed by atoms with Crippen LogP contribution < -0.4 is 5.32 Å². The molecule has 6 nitrogen and oxygen atoms in total. The standard InChI is InChI=1S/C32H26FN3O3/c1-19-25(5-3-6-26(19)33)27-7-4-8-28(34-27)35-29-20(2)36-39-30(29)23-11-9-21(10-12-23)22-13-15-24(16-14-22)32(17-18-32)31(37)38/h3-16H,17-18H2,1-2H3,(H,34,35)(H,37,38). The molecule has 0 saturated heterocycles. The van der Waals surface area contributed by atoms with Crippen molar-refractivity contribution in [1.82, 2.24) is 10.1 Å². The van der Waals surface area contributed by atoms with Gasteiger partial charge in [-0.15, -0.1) is 0 Å². The van der Waals surface area contributed by atoms with Crippen molar-refractivity contribution in [3.8, 4) is 33.7 Å². The van der Waals surface area contributed by atoms with Crippen LogP contribution in [0.1, 0.15) is 29.7 Å². The molecule has 0 atom stereocenters. The number of pyridine rings is 1. The number of hydrogen-bond donors (Lipinski definition) is 2. The third-order valence-electron chi connectivity index (χ3n) is 7.49. The van der Waals surface area contributed by atoms with Gasteiger partial charge in [-0.3, -0.25) is 4.79 Å². The van der Waals surface area contributed by atoms with Crippen molar-refractivity contribution in [3.63, 3.8) is 0 Å². The molecule has 5 aromatic rings. The Morgan fingerprint density at radius 2 is 1.54 bits per heavy atom. The van der Waals surface area contributed by atoms with E-state index in [-0.39, 0.29) is 5.82 Å². The number of aryl methyl sites for hydroxylation is 1. The summed E-state index contributed by atoms with van der Waals surface area (Å²) in [4.78, 5) is 16.3. The minimum absolute atomic E-state index is 0.267. The molecule has 6 rings (SSSR count). The molecule has 2 aromatic heterocycles. The van der Waals surface area contributed by atoms with Crippen molar-refractivity contribution in [2.75, 3.05) is 5.32 Å². The molecular formula is C32H26FN3O3. The molecular weight excluding hydrogens is 493 g/mol. The maximum atomic E-state index is 14.1. The van der Waals surface area contributed by atoms with Gasteiger partial charge in [-0.25, -0.2) is 9.37 Å². The van der Waals surface area contributed by atoms with E-state index in [1.807, 2.05) is 79.7 Å². The third-order valence-corrected chi connectivity index (χ3v) is 7.49. The highest BCUT2D eigenvalue weighted by atomic mass is 19.1. The number of rotatable bonds is 7. The molecule has 7 heteroatoms. The lowest BCUT2D eigenvalue weighted by Gasteiger charge is -2.11. The van der Waals surface area contributed by atoms with E-state index < -0.39 is 11.4 Å². The first-order chi connectivity index (χ1) is 18.9.